The lowest BCUT2D eigenvalue weighted by molar-refractivity contribution is -0.133. The van der Waals surface area contributed by atoms with Gasteiger partial charge in [0.25, 0.3) is 11.8 Å². The molecule has 0 N–H and O–H groups in total. The number of ether oxygens (including phenoxy) is 1. The molecule has 1 saturated heterocycles. The number of hydrogen-bond donors (Lipinski definition) is 0. The second-order valence-corrected chi connectivity index (χ2v) is 9.83. The number of hydrogen-bond acceptors (Lipinski definition) is 4. The van der Waals surface area contributed by atoms with Crippen LogP contribution in [-0.2, 0) is 11.2 Å². The molecule has 7 heteroatoms. The first kappa shape index (κ1) is 22.9. The van der Waals surface area contributed by atoms with E-state index in [4.69, 9.17) is 16.3 Å². The van der Waals surface area contributed by atoms with Gasteiger partial charge in [-0.3, -0.25) is 19.3 Å². The number of likely N-dealkylation sites (tertiary alicyclic amines) is 1. The fourth-order valence-electron chi connectivity index (χ4n) is 5.45. The number of rotatable bonds is 7. The molecule has 1 aliphatic carbocycles. The zero-order valence-corrected chi connectivity index (χ0v) is 19.9. The van der Waals surface area contributed by atoms with Gasteiger partial charge in [-0.15, -0.1) is 0 Å². The summed E-state index contributed by atoms with van der Waals surface area (Å²) >= 11 is 6.53. The highest BCUT2D eigenvalue weighted by atomic mass is 35.5. The molecule has 2 fully saturated rings. The molecule has 3 amide bonds. The Morgan fingerprint density at radius 1 is 0.912 bits per heavy atom. The maximum Gasteiger partial charge on any atom is 0.261 e. The maximum atomic E-state index is 13.0. The van der Waals surface area contributed by atoms with E-state index < -0.39 is 0 Å². The van der Waals surface area contributed by atoms with Crippen molar-refractivity contribution in [3.05, 3.63) is 64.2 Å². The third-order valence-electron chi connectivity index (χ3n) is 7.32. The van der Waals surface area contributed by atoms with Crippen LogP contribution in [0.3, 0.4) is 0 Å². The van der Waals surface area contributed by atoms with Gasteiger partial charge in [0.2, 0.25) is 5.91 Å². The fraction of sp³-hybridized carbons (Fsp3) is 0.444. The smallest absolute Gasteiger partial charge is 0.261 e. The number of imide groups is 1. The molecule has 0 bridgehead atoms. The molecule has 2 aliphatic heterocycles. The Bertz CT molecular complexity index is 1080. The van der Waals surface area contributed by atoms with Crippen LogP contribution in [0.2, 0.25) is 5.02 Å². The molecule has 34 heavy (non-hydrogen) atoms. The molecule has 5 rings (SSSR count). The van der Waals surface area contributed by atoms with Crippen LogP contribution in [-0.4, -0.2) is 53.3 Å². The van der Waals surface area contributed by atoms with Crippen molar-refractivity contribution < 1.29 is 19.1 Å². The highest BCUT2D eigenvalue weighted by Gasteiger charge is 2.37. The normalized spacial score (nSPS) is 20.9. The van der Waals surface area contributed by atoms with E-state index in [0.29, 0.717) is 34.4 Å². The van der Waals surface area contributed by atoms with Gasteiger partial charge in [-0.25, -0.2) is 0 Å². The number of nitrogens with zero attached hydrogens (tertiary/aromatic N) is 2. The maximum absolute atomic E-state index is 13.0. The van der Waals surface area contributed by atoms with Crippen LogP contribution >= 0.6 is 11.6 Å². The van der Waals surface area contributed by atoms with Crippen LogP contribution < -0.4 is 4.74 Å². The van der Waals surface area contributed by atoms with Crippen molar-refractivity contribution in [2.75, 3.05) is 19.7 Å². The molecule has 2 heterocycles. The summed E-state index contributed by atoms with van der Waals surface area (Å²) in [6.45, 7) is 1.20. The van der Waals surface area contributed by atoms with E-state index in [9.17, 15) is 14.4 Å². The van der Waals surface area contributed by atoms with Crippen LogP contribution in [0.5, 0.6) is 5.75 Å². The molecule has 178 valence electrons. The first-order valence-electron chi connectivity index (χ1n) is 12.2. The lowest BCUT2D eigenvalue weighted by atomic mass is 9.94. The summed E-state index contributed by atoms with van der Waals surface area (Å²) in [5, 5.41) is 0.571. The lowest BCUT2D eigenvalue weighted by Gasteiger charge is -2.31. The van der Waals surface area contributed by atoms with Crippen molar-refractivity contribution in [3.8, 4) is 5.75 Å². The Morgan fingerprint density at radius 3 is 2.29 bits per heavy atom. The molecule has 0 radical (unpaired) electrons. The van der Waals surface area contributed by atoms with Gasteiger partial charge in [-0.1, -0.05) is 49.1 Å². The van der Waals surface area contributed by atoms with Gasteiger partial charge in [-0.05, 0) is 55.5 Å². The SMILES string of the molecule is O=C1c2ccccc2C(=O)N1CCOc1ccc(CC2CCN(C3CCCCC3)C2=O)c(Cl)c1. The predicted octanol–water partition coefficient (Wildman–Crippen LogP) is 4.74. The van der Waals surface area contributed by atoms with Crippen molar-refractivity contribution in [2.45, 2.75) is 51.0 Å². The number of amides is 3. The number of halogens is 1. The van der Waals surface area contributed by atoms with Gasteiger partial charge in [0.1, 0.15) is 12.4 Å². The monoisotopic (exact) mass is 480 g/mol. The third kappa shape index (κ3) is 4.43. The molecule has 2 aromatic carbocycles. The number of carbonyl (C=O) groups is 3. The average Bonchev–Trinajstić information content (AvgIpc) is 3.33. The van der Waals surface area contributed by atoms with Gasteiger partial charge >= 0.3 is 0 Å². The predicted molar refractivity (Wildman–Crippen MR) is 129 cm³/mol. The minimum Gasteiger partial charge on any atom is -0.492 e. The van der Waals surface area contributed by atoms with Crippen molar-refractivity contribution in [1.29, 1.82) is 0 Å². The van der Waals surface area contributed by atoms with Crippen LogP contribution in [0.1, 0.15) is 64.8 Å². The zero-order valence-electron chi connectivity index (χ0n) is 19.2. The van der Waals surface area contributed by atoms with E-state index in [-0.39, 0.29) is 36.8 Å². The van der Waals surface area contributed by atoms with E-state index in [1.165, 1.54) is 24.2 Å². The van der Waals surface area contributed by atoms with Crippen molar-refractivity contribution >= 4 is 29.3 Å². The van der Waals surface area contributed by atoms with Gasteiger partial charge in [0, 0.05) is 23.5 Å². The Morgan fingerprint density at radius 2 is 1.62 bits per heavy atom. The second-order valence-electron chi connectivity index (χ2n) is 9.42. The Kier molecular flexibility index (Phi) is 6.59. The van der Waals surface area contributed by atoms with Crippen LogP contribution in [0.15, 0.2) is 42.5 Å². The first-order chi connectivity index (χ1) is 16.5. The fourth-order valence-corrected chi connectivity index (χ4v) is 5.70. The zero-order chi connectivity index (χ0) is 23.7. The summed E-state index contributed by atoms with van der Waals surface area (Å²) in [6.07, 6.45) is 7.50. The number of fused-ring (bicyclic) bond motifs is 1. The molecule has 3 aliphatic rings. The second kappa shape index (κ2) is 9.79. The van der Waals surface area contributed by atoms with E-state index in [2.05, 4.69) is 4.90 Å². The van der Waals surface area contributed by atoms with Crippen LogP contribution in [0, 0.1) is 5.92 Å². The summed E-state index contributed by atoms with van der Waals surface area (Å²) in [5.41, 5.74) is 1.81. The van der Waals surface area contributed by atoms with Gasteiger partial charge in [0.05, 0.1) is 17.7 Å². The topological polar surface area (TPSA) is 66.9 Å². The molecule has 6 nitrogen and oxygen atoms in total. The van der Waals surface area contributed by atoms with Gasteiger partial charge in [-0.2, -0.15) is 0 Å². The summed E-state index contributed by atoms with van der Waals surface area (Å²) in [7, 11) is 0. The molecule has 1 atom stereocenters. The van der Waals surface area contributed by atoms with E-state index >= 15 is 0 Å². The van der Waals surface area contributed by atoms with Crippen molar-refractivity contribution in [3.63, 3.8) is 0 Å². The first-order valence-corrected chi connectivity index (χ1v) is 12.6. The van der Waals surface area contributed by atoms with E-state index in [0.717, 1.165) is 31.4 Å². The molecule has 0 spiro atoms. The molecule has 1 saturated carbocycles. The molecule has 1 unspecified atom stereocenters. The highest BCUT2D eigenvalue weighted by molar-refractivity contribution is 6.31. The molecular formula is C27H29ClN2O4. The lowest BCUT2D eigenvalue weighted by Crippen LogP contribution is -2.39. The third-order valence-corrected chi connectivity index (χ3v) is 7.67. The van der Waals surface area contributed by atoms with Gasteiger partial charge < -0.3 is 9.64 Å². The quantitative estimate of drug-likeness (QED) is 0.537. The summed E-state index contributed by atoms with van der Waals surface area (Å²) in [4.78, 5) is 41.2. The molecular weight excluding hydrogens is 452 g/mol. The van der Waals surface area contributed by atoms with Crippen LogP contribution in [0.4, 0.5) is 0 Å². The molecule has 2 aromatic rings. The Hall–Kier alpha value is -2.86. The highest BCUT2D eigenvalue weighted by Crippen LogP contribution is 2.32. The average molecular weight is 481 g/mol. The minimum absolute atomic E-state index is 0.0139. The van der Waals surface area contributed by atoms with Gasteiger partial charge in [0.15, 0.2) is 0 Å². The summed E-state index contributed by atoms with van der Waals surface area (Å²) in [5.74, 6) is 0.248. The van der Waals surface area contributed by atoms with Crippen molar-refractivity contribution in [2.24, 2.45) is 5.92 Å². The summed E-state index contributed by atoms with van der Waals surface area (Å²) in [6, 6.07) is 12.7. The number of benzene rings is 2. The van der Waals surface area contributed by atoms with E-state index in [1.54, 1.807) is 30.3 Å². The number of carbonyl (C=O) groups excluding carboxylic acids is 3. The Balaban J connectivity index is 1.15. The van der Waals surface area contributed by atoms with Crippen LogP contribution in [0.25, 0.3) is 0 Å². The summed E-state index contributed by atoms with van der Waals surface area (Å²) < 4.78 is 5.78. The van der Waals surface area contributed by atoms with E-state index in [1.807, 2.05) is 12.1 Å². The largest absolute Gasteiger partial charge is 0.492 e. The molecule has 0 aromatic heterocycles. The van der Waals surface area contributed by atoms with Crippen molar-refractivity contribution in [1.82, 2.24) is 9.80 Å². The standard InChI is InChI=1S/C27H29ClN2O4/c28-24-17-21(34-15-14-30-26(32)22-8-4-5-9-23(22)27(30)33)11-10-18(24)16-19-12-13-29(25(19)31)20-6-2-1-3-7-20/h4-5,8-11,17,19-20H,1-3,6-7,12-16H2. The Labute approximate surface area is 204 Å². The minimum atomic E-state index is -0.291.